The van der Waals surface area contributed by atoms with Crippen LogP contribution >= 0.6 is 11.6 Å². The van der Waals surface area contributed by atoms with Gasteiger partial charge in [0.05, 0.1) is 11.6 Å². The van der Waals surface area contributed by atoms with Gasteiger partial charge in [-0.15, -0.1) is 11.6 Å². The van der Waals surface area contributed by atoms with Crippen LogP contribution in [0.1, 0.15) is 18.1 Å². The summed E-state index contributed by atoms with van der Waals surface area (Å²) in [5.74, 6) is 1.21. The van der Waals surface area contributed by atoms with E-state index >= 15 is 0 Å². The van der Waals surface area contributed by atoms with Crippen LogP contribution in [0.15, 0.2) is 18.2 Å². The lowest BCUT2D eigenvalue weighted by Gasteiger charge is -2.10. The van der Waals surface area contributed by atoms with Gasteiger partial charge in [0.2, 0.25) is 0 Å². The minimum Gasteiger partial charge on any atom is -0.492 e. The lowest BCUT2D eigenvalue weighted by Crippen LogP contribution is -2.16. The molecule has 0 saturated heterocycles. The minimum absolute atomic E-state index is 0.0408. The van der Waals surface area contributed by atoms with Crippen LogP contribution < -0.4 is 4.74 Å². The molecule has 0 amide bonds. The zero-order valence-corrected chi connectivity index (χ0v) is 11.6. The SMILES string of the molecule is CCS(=O)(=O)CCOc1ccc(C)cc1CCl. The van der Waals surface area contributed by atoms with Crippen LogP contribution in [0.2, 0.25) is 0 Å². The quantitative estimate of drug-likeness (QED) is 0.750. The third-order valence-corrected chi connectivity index (χ3v) is 4.41. The van der Waals surface area contributed by atoms with E-state index < -0.39 is 9.84 Å². The molecule has 17 heavy (non-hydrogen) atoms. The fourth-order valence-electron chi connectivity index (χ4n) is 1.38. The second-order valence-corrected chi connectivity index (χ2v) is 6.57. The standard InChI is InChI=1S/C12H17ClO3S/c1-3-17(14,15)7-6-16-12-5-4-10(2)8-11(12)9-13/h4-5,8H,3,6-7,9H2,1-2H3. The van der Waals surface area contributed by atoms with Gasteiger partial charge in [-0.05, 0) is 13.0 Å². The van der Waals surface area contributed by atoms with Crippen molar-refractivity contribution in [2.24, 2.45) is 0 Å². The first-order valence-corrected chi connectivity index (χ1v) is 7.83. The van der Waals surface area contributed by atoms with E-state index in [0.29, 0.717) is 11.6 Å². The van der Waals surface area contributed by atoms with E-state index in [1.165, 1.54) is 0 Å². The molecule has 0 saturated carbocycles. The Hall–Kier alpha value is -0.740. The normalized spacial score (nSPS) is 11.5. The van der Waals surface area contributed by atoms with Gasteiger partial charge in [-0.2, -0.15) is 0 Å². The summed E-state index contributed by atoms with van der Waals surface area (Å²) in [5, 5.41) is 0. The fourth-order valence-corrected chi connectivity index (χ4v) is 2.21. The summed E-state index contributed by atoms with van der Waals surface area (Å²) < 4.78 is 28.0. The number of alkyl halides is 1. The number of halogens is 1. The summed E-state index contributed by atoms with van der Waals surface area (Å²) in [4.78, 5) is 0. The van der Waals surface area contributed by atoms with Crippen molar-refractivity contribution in [1.82, 2.24) is 0 Å². The van der Waals surface area contributed by atoms with Crippen molar-refractivity contribution in [1.29, 1.82) is 0 Å². The molecule has 0 N–H and O–H groups in total. The van der Waals surface area contributed by atoms with Crippen LogP contribution in [0.4, 0.5) is 0 Å². The van der Waals surface area contributed by atoms with Crippen molar-refractivity contribution >= 4 is 21.4 Å². The highest BCUT2D eigenvalue weighted by Gasteiger charge is 2.09. The monoisotopic (exact) mass is 276 g/mol. The average molecular weight is 277 g/mol. The summed E-state index contributed by atoms with van der Waals surface area (Å²) >= 11 is 5.80. The molecule has 3 nitrogen and oxygen atoms in total. The maximum absolute atomic E-state index is 11.3. The third-order valence-electron chi connectivity index (χ3n) is 2.45. The zero-order chi connectivity index (χ0) is 12.9. The first-order chi connectivity index (χ1) is 7.98. The molecule has 0 aliphatic heterocycles. The molecule has 1 aromatic carbocycles. The maximum atomic E-state index is 11.3. The van der Waals surface area contributed by atoms with Gasteiger partial charge in [-0.1, -0.05) is 24.6 Å². The molecular formula is C12H17ClO3S. The van der Waals surface area contributed by atoms with Gasteiger partial charge < -0.3 is 4.74 Å². The van der Waals surface area contributed by atoms with E-state index in [1.807, 2.05) is 25.1 Å². The Labute approximate surface area is 108 Å². The van der Waals surface area contributed by atoms with Crippen LogP contribution in [0.25, 0.3) is 0 Å². The molecule has 5 heteroatoms. The highest BCUT2D eigenvalue weighted by Crippen LogP contribution is 2.21. The van der Waals surface area contributed by atoms with Crippen molar-refractivity contribution in [3.8, 4) is 5.75 Å². The number of hydrogen-bond donors (Lipinski definition) is 0. The fraction of sp³-hybridized carbons (Fsp3) is 0.500. The predicted molar refractivity (Wildman–Crippen MR) is 70.6 cm³/mol. The summed E-state index contributed by atoms with van der Waals surface area (Å²) in [6.07, 6.45) is 0. The first-order valence-electron chi connectivity index (χ1n) is 5.47. The zero-order valence-electron chi connectivity index (χ0n) is 10.1. The van der Waals surface area contributed by atoms with E-state index in [1.54, 1.807) is 6.92 Å². The number of rotatable bonds is 6. The molecule has 0 aliphatic rings. The Kier molecular flexibility index (Phi) is 5.28. The van der Waals surface area contributed by atoms with Gasteiger partial charge in [0.1, 0.15) is 12.4 Å². The molecule has 0 spiro atoms. The molecule has 0 bridgehead atoms. The van der Waals surface area contributed by atoms with Gasteiger partial charge in [-0.25, -0.2) is 8.42 Å². The van der Waals surface area contributed by atoms with Crippen molar-refractivity contribution in [3.63, 3.8) is 0 Å². The van der Waals surface area contributed by atoms with Crippen LogP contribution in [-0.2, 0) is 15.7 Å². The summed E-state index contributed by atoms with van der Waals surface area (Å²) in [5.41, 5.74) is 2.00. The average Bonchev–Trinajstić information content (AvgIpc) is 2.30. The molecule has 0 fully saturated rings. The topological polar surface area (TPSA) is 43.4 Å². The predicted octanol–water partition coefficient (Wildman–Crippen LogP) is 2.55. The molecule has 0 aromatic heterocycles. The molecule has 0 aliphatic carbocycles. The molecular weight excluding hydrogens is 260 g/mol. The second-order valence-electron chi connectivity index (χ2n) is 3.83. The molecule has 1 aromatic rings. The largest absolute Gasteiger partial charge is 0.492 e. The Balaban J connectivity index is 2.64. The van der Waals surface area contributed by atoms with Gasteiger partial charge in [-0.3, -0.25) is 0 Å². The highest BCUT2D eigenvalue weighted by atomic mass is 35.5. The lowest BCUT2D eigenvalue weighted by molar-refractivity contribution is 0.338. The van der Waals surface area contributed by atoms with E-state index in [4.69, 9.17) is 16.3 Å². The van der Waals surface area contributed by atoms with Gasteiger partial charge in [0.15, 0.2) is 9.84 Å². The summed E-state index contributed by atoms with van der Waals surface area (Å²) in [6.45, 7) is 3.77. The first kappa shape index (κ1) is 14.3. The van der Waals surface area contributed by atoms with Crippen molar-refractivity contribution in [2.45, 2.75) is 19.7 Å². The van der Waals surface area contributed by atoms with Crippen LogP contribution in [-0.4, -0.2) is 26.5 Å². The number of benzene rings is 1. The Bertz CT molecular complexity index is 469. The van der Waals surface area contributed by atoms with Gasteiger partial charge in [0.25, 0.3) is 0 Å². The Morgan fingerprint density at radius 1 is 1.35 bits per heavy atom. The number of hydrogen-bond acceptors (Lipinski definition) is 3. The highest BCUT2D eigenvalue weighted by molar-refractivity contribution is 7.91. The van der Waals surface area contributed by atoms with E-state index in [-0.39, 0.29) is 18.1 Å². The second kappa shape index (κ2) is 6.26. The van der Waals surface area contributed by atoms with Gasteiger partial charge >= 0.3 is 0 Å². The maximum Gasteiger partial charge on any atom is 0.153 e. The number of ether oxygens (including phenoxy) is 1. The van der Waals surface area contributed by atoms with Crippen LogP contribution in [0.3, 0.4) is 0 Å². The van der Waals surface area contributed by atoms with Crippen LogP contribution in [0, 0.1) is 6.92 Å². The van der Waals surface area contributed by atoms with Gasteiger partial charge in [0, 0.05) is 11.3 Å². The van der Waals surface area contributed by atoms with Crippen molar-refractivity contribution < 1.29 is 13.2 Å². The van der Waals surface area contributed by atoms with Crippen LogP contribution in [0.5, 0.6) is 5.75 Å². The van der Waals surface area contributed by atoms with Crippen molar-refractivity contribution in [3.05, 3.63) is 29.3 Å². The van der Waals surface area contributed by atoms with Crippen molar-refractivity contribution in [2.75, 3.05) is 18.1 Å². The smallest absolute Gasteiger partial charge is 0.153 e. The van der Waals surface area contributed by atoms with E-state index in [2.05, 4.69) is 0 Å². The number of aryl methyl sites for hydroxylation is 1. The minimum atomic E-state index is -2.98. The molecule has 1 rings (SSSR count). The molecule has 0 unspecified atom stereocenters. The van der Waals surface area contributed by atoms with E-state index in [0.717, 1.165) is 11.1 Å². The molecule has 0 radical (unpaired) electrons. The number of sulfone groups is 1. The molecule has 96 valence electrons. The lowest BCUT2D eigenvalue weighted by atomic mass is 10.1. The summed E-state index contributed by atoms with van der Waals surface area (Å²) in [7, 11) is -2.98. The third kappa shape index (κ3) is 4.56. The molecule has 0 heterocycles. The summed E-state index contributed by atoms with van der Waals surface area (Å²) in [6, 6.07) is 5.68. The Morgan fingerprint density at radius 2 is 2.06 bits per heavy atom. The van der Waals surface area contributed by atoms with E-state index in [9.17, 15) is 8.42 Å². The Morgan fingerprint density at radius 3 is 2.65 bits per heavy atom. The molecule has 0 atom stereocenters.